The lowest BCUT2D eigenvalue weighted by atomic mass is 10.1. The summed E-state index contributed by atoms with van der Waals surface area (Å²) in [6, 6.07) is 8.34. The third-order valence-electron chi connectivity index (χ3n) is 5.16. The van der Waals surface area contributed by atoms with Crippen LogP contribution in [0.15, 0.2) is 48.9 Å². The summed E-state index contributed by atoms with van der Waals surface area (Å²) < 4.78 is 13.5. The van der Waals surface area contributed by atoms with Crippen molar-refractivity contribution in [1.82, 2.24) is 20.2 Å². The number of fused-ring (bicyclic) bond motifs is 1. The highest BCUT2D eigenvalue weighted by Crippen LogP contribution is 2.22. The Kier molecular flexibility index (Phi) is 5.06. The van der Waals surface area contributed by atoms with E-state index in [1.165, 1.54) is 12.1 Å². The Morgan fingerprint density at radius 1 is 1.36 bits per heavy atom. The fourth-order valence-electron chi connectivity index (χ4n) is 3.61. The second-order valence-corrected chi connectivity index (χ2v) is 7.07. The zero-order valence-corrected chi connectivity index (χ0v) is 15.3. The van der Waals surface area contributed by atoms with Crippen LogP contribution in [0.2, 0.25) is 0 Å². The number of hydrogen-bond acceptors (Lipinski definition) is 3. The third-order valence-corrected chi connectivity index (χ3v) is 5.16. The highest BCUT2D eigenvalue weighted by Gasteiger charge is 2.33. The second kappa shape index (κ2) is 7.80. The summed E-state index contributed by atoms with van der Waals surface area (Å²) in [6.07, 6.45) is 6.07. The summed E-state index contributed by atoms with van der Waals surface area (Å²) in [7, 11) is 0. The van der Waals surface area contributed by atoms with Crippen LogP contribution in [0.5, 0.6) is 0 Å². The first kappa shape index (κ1) is 18.2. The minimum absolute atomic E-state index is 0.0208. The number of nitrogens with zero attached hydrogens (tertiary/aromatic N) is 2. The summed E-state index contributed by atoms with van der Waals surface area (Å²) >= 11 is 0. The Morgan fingerprint density at radius 3 is 3.07 bits per heavy atom. The maximum absolute atomic E-state index is 13.5. The lowest BCUT2D eigenvalue weighted by Crippen LogP contribution is -2.33. The molecule has 2 N–H and O–H groups in total. The molecule has 1 aromatic carbocycles. The number of rotatable bonds is 6. The summed E-state index contributed by atoms with van der Waals surface area (Å²) in [5, 5.41) is 3.71. The van der Waals surface area contributed by atoms with E-state index in [4.69, 9.17) is 0 Å². The van der Waals surface area contributed by atoms with Crippen LogP contribution >= 0.6 is 0 Å². The normalized spacial score (nSPS) is 16.7. The molecular formula is C21H21FN4O2. The first-order chi connectivity index (χ1) is 13.6. The summed E-state index contributed by atoms with van der Waals surface area (Å²) in [6.45, 7) is 1.32. The SMILES string of the molecule is O=C(NCc1cccnc1)[C@H]1CC(=O)N(CCc2c[nH]c3ccc(F)cc23)C1. The van der Waals surface area contributed by atoms with Gasteiger partial charge in [0.25, 0.3) is 0 Å². The Labute approximate surface area is 161 Å². The minimum atomic E-state index is -0.343. The molecule has 0 radical (unpaired) electrons. The van der Waals surface area contributed by atoms with Crippen molar-refractivity contribution in [2.24, 2.45) is 5.92 Å². The van der Waals surface area contributed by atoms with Crippen molar-refractivity contribution in [3.05, 3.63) is 65.9 Å². The highest BCUT2D eigenvalue weighted by atomic mass is 19.1. The molecule has 0 unspecified atom stereocenters. The zero-order valence-electron chi connectivity index (χ0n) is 15.3. The van der Waals surface area contributed by atoms with Crippen LogP contribution in [-0.4, -0.2) is 39.8 Å². The molecule has 6 nitrogen and oxygen atoms in total. The highest BCUT2D eigenvalue weighted by molar-refractivity contribution is 5.89. The van der Waals surface area contributed by atoms with Gasteiger partial charge in [0, 0.05) is 55.5 Å². The van der Waals surface area contributed by atoms with Crippen molar-refractivity contribution in [3.8, 4) is 0 Å². The fraction of sp³-hybridized carbons (Fsp3) is 0.286. The number of carbonyl (C=O) groups excluding carboxylic acids is 2. The second-order valence-electron chi connectivity index (χ2n) is 7.07. The molecule has 3 heterocycles. The van der Waals surface area contributed by atoms with Gasteiger partial charge >= 0.3 is 0 Å². The van der Waals surface area contributed by atoms with Gasteiger partial charge in [-0.2, -0.15) is 0 Å². The molecule has 3 aromatic rings. The van der Waals surface area contributed by atoms with E-state index in [9.17, 15) is 14.0 Å². The molecule has 4 rings (SSSR count). The average molecular weight is 380 g/mol. The monoisotopic (exact) mass is 380 g/mol. The predicted molar refractivity (Wildman–Crippen MR) is 103 cm³/mol. The van der Waals surface area contributed by atoms with Gasteiger partial charge in [-0.3, -0.25) is 14.6 Å². The molecule has 7 heteroatoms. The first-order valence-corrected chi connectivity index (χ1v) is 9.30. The Bertz CT molecular complexity index is 1000. The van der Waals surface area contributed by atoms with E-state index in [1.54, 1.807) is 23.4 Å². The molecule has 0 bridgehead atoms. The molecule has 0 spiro atoms. The van der Waals surface area contributed by atoms with E-state index >= 15 is 0 Å². The predicted octanol–water partition coefficient (Wildman–Crippen LogP) is 2.41. The van der Waals surface area contributed by atoms with Crippen LogP contribution in [-0.2, 0) is 22.6 Å². The Morgan fingerprint density at radius 2 is 2.25 bits per heavy atom. The van der Waals surface area contributed by atoms with Crippen LogP contribution in [0.3, 0.4) is 0 Å². The van der Waals surface area contributed by atoms with Crippen LogP contribution in [0.1, 0.15) is 17.5 Å². The van der Waals surface area contributed by atoms with Gasteiger partial charge in [0.05, 0.1) is 5.92 Å². The van der Waals surface area contributed by atoms with Gasteiger partial charge in [0.15, 0.2) is 0 Å². The standard InChI is InChI=1S/C21H21FN4O2/c22-17-3-4-19-18(9-17)15(12-24-19)5-7-26-13-16(8-20(26)27)21(28)25-11-14-2-1-6-23-10-14/h1-4,6,9-10,12,16,24H,5,7-8,11,13H2,(H,25,28)/t16-/m0/s1. The third kappa shape index (κ3) is 3.88. The van der Waals surface area contributed by atoms with Crippen LogP contribution in [0, 0.1) is 11.7 Å². The lowest BCUT2D eigenvalue weighted by Gasteiger charge is -2.16. The fourth-order valence-corrected chi connectivity index (χ4v) is 3.61. The van der Waals surface area contributed by atoms with Crippen molar-refractivity contribution >= 4 is 22.7 Å². The van der Waals surface area contributed by atoms with E-state index in [-0.39, 0.29) is 30.0 Å². The number of benzene rings is 1. The summed E-state index contributed by atoms with van der Waals surface area (Å²) in [5.41, 5.74) is 2.76. The molecular weight excluding hydrogens is 359 g/mol. The number of H-pyrrole nitrogens is 1. The van der Waals surface area contributed by atoms with E-state index in [0.29, 0.717) is 26.1 Å². The largest absolute Gasteiger partial charge is 0.361 e. The van der Waals surface area contributed by atoms with E-state index in [2.05, 4.69) is 15.3 Å². The van der Waals surface area contributed by atoms with Crippen molar-refractivity contribution < 1.29 is 14.0 Å². The van der Waals surface area contributed by atoms with Gasteiger partial charge in [-0.05, 0) is 41.8 Å². The van der Waals surface area contributed by atoms with Gasteiger partial charge in [0.1, 0.15) is 5.82 Å². The van der Waals surface area contributed by atoms with Crippen LogP contribution < -0.4 is 5.32 Å². The summed E-state index contributed by atoms with van der Waals surface area (Å²) in [5.74, 6) is -0.762. The molecule has 144 valence electrons. The number of amides is 2. The molecule has 0 saturated carbocycles. The zero-order chi connectivity index (χ0) is 19.5. The maximum Gasteiger partial charge on any atom is 0.225 e. The first-order valence-electron chi connectivity index (χ1n) is 9.30. The molecule has 28 heavy (non-hydrogen) atoms. The Hall–Kier alpha value is -3.22. The van der Waals surface area contributed by atoms with Crippen molar-refractivity contribution in [2.75, 3.05) is 13.1 Å². The number of aromatic nitrogens is 2. The van der Waals surface area contributed by atoms with E-state index in [1.807, 2.05) is 18.3 Å². The van der Waals surface area contributed by atoms with Gasteiger partial charge in [-0.25, -0.2) is 4.39 Å². The number of aromatic amines is 1. The van der Waals surface area contributed by atoms with Gasteiger partial charge in [0.2, 0.25) is 11.8 Å². The lowest BCUT2D eigenvalue weighted by molar-refractivity contribution is -0.129. The quantitative estimate of drug-likeness (QED) is 0.689. The molecule has 2 amide bonds. The smallest absolute Gasteiger partial charge is 0.225 e. The number of pyridine rings is 1. The van der Waals surface area contributed by atoms with E-state index in [0.717, 1.165) is 22.0 Å². The number of nitrogens with one attached hydrogen (secondary N) is 2. The molecule has 2 aromatic heterocycles. The number of carbonyl (C=O) groups is 2. The molecule has 0 aliphatic carbocycles. The minimum Gasteiger partial charge on any atom is -0.361 e. The molecule has 1 atom stereocenters. The van der Waals surface area contributed by atoms with Gasteiger partial charge in [-0.15, -0.1) is 0 Å². The molecule has 1 saturated heterocycles. The topological polar surface area (TPSA) is 78.1 Å². The van der Waals surface area contributed by atoms with Crippen molar-refractivity contribution in [3.63, 3.8) is 0 Å². The average Bonchev–Trinajstić information content (AvgIpc) is 3.28. The number of likely N-dealkylation sites (tertiary alicyclic amines) is 1. The van der Waals surface area contributed by atoms with Crippen molar-refractivity contribution in [1.29, 1.82) is 0 Å². The Balaban J connectivity index is 1.33. The molecule has 1 fully saturated rings. The van der Waals surface area contributed by atoms with Crippen molar-refractivity contribution in [2.45, 2.75) is 19.4 Å². The van der Waals surface area contributed by atoms with Crippen LogP contribution in [0.25, 0.3) is 10.9 Å². The molecule has 1 aliphatic heterocycles. The number of hydrogen-bond donors (Lipinski definition) is 2. The van der Waals surface area contributed by atoms with Gasteiger partial charge < -0.3 is 15.2 Å². The maximum atomic E-state index is 13.5. The number of halogens is 1. The van der Waals surface area contributed by atoms with E-state index < -0.39 is 0 Å². The van der Waals surface area contributed by atoms with Crippen LogP contribution in [0.4, 0.5) is 4.39 Å². The summed E-state index contributed by atoms with van der Waals surface area (Å²) in [4.78, 5) is 33.6. The van der Waals surface area contributed by atoms with Gasteiger partial charge in [-0.1, -0.05) is 6.07 Å². The molecule has 1 aliphatic rings.